The summed E-state index contributed by atoms with van der Waals surface area (Å²) in [5, 5.41) is 13.0. The van der Waals surface area contributed by atoms with Crippen LogP contribution in [0.4, 0.5) is 21.6 Å². The molecule has 122 valence electrons. The lowest BCUT2D eigenvalue weighted by Crippen LogP contribution is -2.26. The van der Waals surface area contributed by atoms with Gasteiger partial charge in [0.05, 0.1) is 11.8 Å². The molecule has 0 aliphatic rings. The van der Waals surface area contributed by atoms with Gasteiger partial charge in [-0.25, -0.2) is 4.39 Å². The fourth-order valence-electron chi connectivity index (χ4n) is 1.89. The molecule has 1 heterocycles. The second-order valence-electron chi connectivity index (χ2n) is 5.22. The first-order valence-corrected chi connectivity index (χ1v) is 6.87. The number of rotatable bonds is 5. The van der Waals surface area contributed by atoms with Crippen molar-refractivity contribution in [1.29, 1.82) is 0 Å². The highest BCUT2D eigenvalue weighted by atomic mass is 19.1. The van der Waals surface area contributed by atoms with E-state index in [2.05, 4.69) is 5.32 Å². The highest BCUT2D eigenvalue weighted by Crippen LogP contribution is 2.24. The maximum absolute atomic E-state index is 14.1. The first-order chi connectivity index (χ1) is 10.8. The van der Waals surface area contributed by atoms with Crippen LogP contribution < -0.4 is 10.2 Å². The van der Waals surface area contributed by atoms with Crippen molar-refractivity contribution in [2.75, 3.05) is 17.3 Å². The number of nitrogens with zero attached hydrogens (tertiary/aromatic N) is 2. The first-order valence-electron chi connectivity index (χ1n) is 6.87. The number of nitrogens with one attached hydrogen (secondary N) is 1. The molecule has 0 bridgehead atoms. The Hall–Kier alpha value is -2.90. The molecular weight excluding hydrogens is 305 g/mol. The Kier molecular flexibility index (Phi) is 4.63. The lowest BCUT2D eigenvalue weighted by Gasteiger charge is -2.24. The molecule has 23 heavy (non-hydrogen) atoms. The third-order valence-corrected chi connectivity index (χ3v) is 3.36. The molecule has 0 unspecified atom stereocenters. The molecule has 0 aliphatic heterocycles. The van der Waals surface area contributed by atoms with Gasteiger partial charge in [0.25, 0.3) is 5.91 Å². The van der Waals surface area contributed by atoms with E-state index in [1.54, 1.807) is 24.1 Å². The summed E-state index contributed by atoms with van der Waals surface area (Å²) in [6, 6.07) is 6.67. The number of carbonyl (C=O) groups excluding carboxylic acids is 1. The molecule has 1 aromatic heterocycles. The zero-order chi connectivity index (χ0) is 17.1. The number of furan rings is 1. The average Bonchev–Trinajstić information content (AvgIpc) is 2.96. The standard InChI is InChI=1S/C15H16FN3O4/c1-9(2)18(3)12-5-4-10(8-11(12)16)17-15(20)13-6-7-14(23-13)19(21)22/h4-9H,1-3H3,(H,17,20). The Morgan fingerprint density at radius 1 is 1.35 bits per heavy atom. The minimum absolute atomic E-state index is 0.119. The molecule has 2 aromatic rings. The SMILES string of the molecule is CC(C)N(C)c1ccc(NC(=O)c2ccc([N+](=O)[O-])o2)cc1F. The summed E-state index contributed by atoms with van der Waals surface area (Å²) in [7, 11) is 1.77. The summed E-state index contributed by atoms with van der Waals surface area (Å²) in [5.74, 6) is -1.93. The number of carbonyl (C=O) groups is 1. The largest absolute Gasteiger partial charge is 0.433 e. The zero-order valence-corrected chi connectivity index (χ0v) is 12.9. The Bertz CT molecular complexity index is 742. The topological polar surface area (TPSA) is 88.6 Å². The second-order valence-corrected chi connectivity index (χ2v) is 5.22. The van der Waals surface area contributed by atoms with Crippen LogP contribution in [0.15, 0.2) is 34.7 Å². The highest BCUT2D eigenvalue weighted by molar-refractivity contribution is 6.02. The minimum atomic E-state index is -0.743. The van der Waals surface area contributed by atoms with Crippen LogP contribution in [0, 0.1) is 15.9 Å². The molecule has 0 spiro atoms. The number of halogens is 1. The van der Waals surface area contributed by atoms with E-state index in [1.165, 1.54) is 12.1 Å². The molecule has 1 aromatic carbocycles. The van der Waals surface area contributed by atoms with Crippen molar-refractivity contribution in [2.24, 2.45) is 0 Å². The lowest BCUT2D eigenvalue weighted by atomic mass is 10.2. The smallest absolute Gasteiger partial charge is 0.395 e. The summed E-state index contributed by atoms with van der Waals surface area (Å²) in [6.45, 7) is 3.86. The number of benzene rings is 1. The van der Waals surface area contributed by atoms with Gasteiger partial charge >= 0.3 is 5.88 Å². The fraction of sp³-hybridized carbons (Fsp3) is 0.267. The minimum Gasteiger partial charge on any atom is -0.395 e. The van der Waals surface area contributed by atoms with Crippen LogP contribution in [0.3, 0.4) is 0 Å². The van der Waals surface area contributed by atoms with Crippen LogP contribution in [0.25, 0.3) is 0 Å². The highest BCUT2D eigenvalue weighted by Gasteiger charge is 2.18. The molecule has 7 nitrogen and oxygen atoms in total. The molecule has 1 amide bonds. The van der Waals surface area contributed by atoms with Crippen LogP contribution in [-0.4, -0.2) is 23.9 Å². The van der Waals surface area contributed by atoms with Gasteiger partial charge in [0.1, 0.15) is 10.7 Å². The van der Waals surface area contributed by atoms with Gasteiger partial charge in [0.15, 0.2) is 5.76 Å². The van der Waals surface area contributed by atoms with E-state index in [1.807, 2.05) is 13.8 Å². The summed E-state index contributed by atoms with van der Waals surface area (Å²) >= 11 is 0. The van der Waals surface area contributed by atoms with Gasteiger partial charge in [-0.15, -0.1) is 0 Å². The van der Waals surface area contributed by atoms with Gasteiger partial charge in [-0.2, -0.15) is 0 Å². The number of nitro groups is 1. The lowest BCUT2D eigenvalue weighted by molar-refractivity contribution is -0.402. The maximum Gasteiger partial charge on any atom is 0.433 e. The molecule has 0 aliphatic carbocycles. The van der Waals surface area contributed by atoms with Crippen LogP contribution in [0.2, 0.25) is 0 Å². The maximum atomic E-state index is 14.1. The summed E-state index contributed by atoms with van der Waals surface area (Å²) in [5.41, 5.74) is 0.638. The Labute approximate surface area is 131 Å². The quantitative estimate of drug-likeness (QED) is 0.673. The Morgan fingerprint density at radius 2 is 2.04 bits per heavy atom. The van der Waals surface area contributed by atoms with E-state index in [-0.39, 0.29) is 17.5 Å². The molecule has 1 N–H and O–H groups in total. The molecule has 8 heteroatoms. The summed E-state index contributed by atoms with van der Waals surface area (Å²) < 4.78 is 18.9. The monoisotopic (exact) mass is 321 g/mol. The van der Waals surface area contributed by atoms with Crippen LogP contribution in [0.5, 0.6) is 0 Å². The third kappa shape index (κ3) is 3.65. The van der Waals surface area contributed by atoms with Crippen molar-refractivity contribution >= 4 is 23.2 Å². The second kappa shape index (κ2) is 6.47. The summed E-state index contributed by atoms with van der Waals surface area (Å²) in [6.07, 6.45) is 0. The van der Waals surface area contributed by atoms with Crippen molar-refractivity contribution in [2.45, 2.75) is 19.9 Å². The normalized spacial score (nSPS) is 10.7. The van der Waals surface area contributed by atoms with Crippen molar-refractivity contribution < 1.29 is 18.5 Å². The van der Waals surface area contributed by atoms with Crippen LogP contribution in [-0.2, 0) is 0 Å². The molecule has 0 atom stereocenters. The van der Waals surface area contributed by atoms with Crippen molar-refractivity contribution in [3.8, 4) is 0 Å². The molecule has 0 saturated heterocycles. The number of hydrogen-bond acceptors (Lipinski definition) is 5. The third-order valence-electron chi connectivity index (χ3n) is 3.36. The van der Waals surface area contributed by atoms with E-state index in [4.69, 9.17) is 4.42 Å². The number of anilines is 2. The fourth-order valence-corrected chi connectivity index (χ4v) is 1.89. The number of amides is 1. The predicted molar refractivity (Wildman–Crippen MR) is 83.3 cm³/mol. The first kappa shape index (κ1) is 16.5. The van der Waals surface area contributed by atoms with Gasteiger partial charge in [0, 0.05) is 18.8 Å². The Balaban J connectivity index is 2.15. The average molecular weight is 321 g/mol. The van der Waals surface area contributed by atoms with Gasteiger partial charge < -0.3 is 14.6 Å². The van der Waals surface area contributed by atoms with Crippen LogP contribution >= 0.6 is 0 Å². The number of hydrogen-bond donors (Lipinski definition) is 1. The van der Waals surface area contributed by atoms with Crippen molar-refractivity contribution in [3.05, 3.63) is 52.0 Å². The zero-order valence-electron chi connectivity index (χ0n) is 12.9. The molecule has 0 saturated carbocycles. The van der Waals surface area contributed by atoms with E-state index < -0.39 is 22.5 Å². The van der Waals surface area contributed by atoms with E-state index >= 15 is 0 Å². The molecule has 0 radical (unpaired) electrons. The summed E-state index contributed by atoms with van der Waals surface area (Å²) in [4.78, 5) is 23.5. The Morgan fingerprint density at radius 3 is 2.57 bits per heavy atom. The molecule has 2 rings (SSSR count). The predicted octanol–water partition coefficient (Wildman–Crippen LogP) is 3.42. The van der Waals surface area contributed by atoms with Gasteiger partial charge in [-0.1, -0.05) is 0 Å². The van der Waals surface area contributed by atoms with E-state index in [0.717, 1.165) is 6.07 Å². The van der Waals surface area contributed by atoms with Gasteiger partial charge in [-0.3, -0.25) is 14.9 Å². The molecule has 0 fully saturated rings. The van der Waals surface area contributed by atoms with Crippen LogP contribution in [0.1, 0.15) is 24.4 Å². The van der Waals surface area contributed by atoms with E-state index in [9.17, 15) is 19.3 Å². The van der Waals surface area contributed by atoms with Crippen molar-refractivity contribution in [3.63, 3.8) is 0 Å². The molecular formula is C15H16FN3O4. The van der Waals surface area contributed by atoms with E-state index in [0.29, 0.717) is 5.69 Å². The van der Waals surface area contributed by atoms with Crippen molar-refractivity contribution in [1.82, 2.24) is 0 Å². The van der Waals surface area contributed by atoms with Gasteiger partial charge in [-0.05, 0) is 38.1 Å². The van der Waals surface area contributed by atoms with Gasteiger partial charge in [0.2, 0.25) is 0 Å².